The summed E-state index contributed by atoms with van der Waals surface area (Å²) in [6.07, 6.45) is 2.03. The van der Waals surface area contributed by atoms with Gasteiger partial charge in [-0.2, -0.15) is 5.10 Å². The van der Waals surface area contributed by atoms with E-state index in [1.165, 1.54) is 0 Å². The highest BCUT2D eigenvalue weighted by atomic mass is 16.2. The van der Waals surface area contributed by atoms with Crippen molar-refractivity contribution in [2.75, 3.05) is 31.1 Å². The number of piperidine rings is 1. The minimum Gasteiger partial charge on any atom is -0.345 e. The van der Waals surface area contributed by atoms with Crippen molar-refractivity contribution >= 4 is 28.5 Å². The third-order valence-corrected chi connectivity index (χ3v) is 6.31. The number of aromatic amines is 1. The monoisotopic (exact) mass is 369 g/mol. The molecule has 3 aliphatic rings. The molecule has 0 bridgehead atoms. The van der Waals surface area contributed by atoms with E-state index >= 15 is 0 Å². The third-order valence-electron chi connectivity index (χ3n) is 6.31. The topological polar surface area (TPSA) is 128 Å². The van der Waals surface area contributed by atoms with Crippen molar-refractivity contribution in [1.82, 2.24) is 26.1 Å². The zero-order valence-electron chi connectivity index (χ0n) is 14.9. The number of nitrogens with one attached hydrogen (secondary N) is 4. The van der Waals surface area contributed by atoms with Crippen molar-refractivity contribution in [2.24, 2.45) is 11.7 Å². The zero-order chi connectivity index (χ0) is 18.6. The van der Waals surface area contributed by atoms with Crippen LogP contribution in [0.4, 0.5) is 10.5 Å². The summed E-state index contributed by atoms with van der Waals surface area (Å²) >= 11 is 0. The van der Waals surface area contributed by atoms with Crippen LogP contribution in [0.3, 0.4) is 0 Å². The number of hydrogen-bond donors (Lipinski definition) is 5. The molecule has 0 spiro atoms. The summed E-state index contributed by atoms with van der Waals surface area (Å²) in [5, 5.41) is 17.0. The number of hydrogen-bond acceptors (Lipinski definition) is 5. The lowest BCUT2D eigenvalue weighted by atomic mass is 9.61. The first-order chi connectivity index (χ1) is 13.1. The Kier molecular flexibility index (Phi) is 3.63. The Balaban J connectivity index is 1.42. The number of aromatic nitrogens is 2. The van der Waals surface area contributed by atoms with E-state index in [-0.39, 0.29) is 23.5 Å². The first kappa shape index (κ1) is 16.5. The summed E-state index contributed by atoms with van der Waals surface area (Å²) in [7, 11) is 0. The number of amides is 3. The lowest BCUT2D eigenvalue weighted by molar-refractivity contribution is 0.0465. The average molecular weight is 369 g/mol. The molecule has 2 saturated heterocycles. The molecule has 142 valence electrons. The Hall–Kier alpha value is -2.65. The summed E-state index contributed by atoms with van der Waals surface area (Å²) in [6.45, 7) is 2.80. The normalized spacial score (nSPS) is 30.0. The largest absolute Gasteiger partial charge is 0.345 e. The lowest BCUT2D eigenvalue weighted by Gasteiger charge is -2.55. The summed E-state index contributed by atoms with van der Waals surface area (Å²) in [5.41, 5.74) is 8.07. The van der Waals surface area contributed by atoms with Gasteiger partial charge in [-0.15, -0.1) is 0 Å². The first-order valence-electron chi connectivity index (χ1n) is 9.40. The summed E-state index contributed by atoms with van der Waals surface area (Å²) < 4.78 is 0. The molecule has 2 aliphatic heterocycles. The Morgan fingerprint density at radius 1 is 1.37 bits per heavy atom. The van der Waals surface area contributed by atoms with Gasteiger partial charge in [0.25, 0.3) is 5.91 Å². The van der Waals surface area contributed by atoms with Crippen molar-refractivity contribution in [3.63, 3.8) is 0 Å². The summed E-state index contributed by atoms with van der Waals surface area (Å²) in [4.78, 5) is 26.5. The van der Waals surface area contributed by atoms with Crippen LogP contribution in [0.15, 0.2) is 18.2 Å². The van der Waals surface area contributed by atoms with E-state index < -0.39 is 0 Å². The van der Waals surface area contributed by atoms with E-state index in [1.807, 2.05) is 18.2 Å². The summed E-state index contributed by atoms with van der Waals surface area (Å²) in [6, 6.07) is 5.29. The molecule has 9 heteroatoms. The summed E-state index contributed by atoms with van der Waals surface area (Å²) in [5.74, 6) is 0.168. The van der Waals surface area contributed by atoms with Gasteiger partial charge in [-0.05, 0) is 43.5 Å². The maximum absolute atomic E-state index is 12.9. The Bertz CT molecular complexity index is 926. The van der Waals surface area contributed by atoms with Gasteiger partial charge in [-0.3, -0.25) is 14.8 Å². The standard InChI is InChI=1S/C18H23N7O2/c19-18-4-3-10(18)8-20-9-14(18)22-16(26)15-12-7-11(1-2-13(12)23-24-15)25-6-5-21-17(25)27/h1-2,7,10,14,20H,3-6,8-9,19H2,(H,21,27)(H,22,26)(H,23,24)/t10?,14-,18-/m1/s1. The minimum atomic E-state index is -0.328. The van der Waals surface area contributed by atoms with E-state index in [0.717, 1.165) is 30.6 Å². The van der Waals surface area contributed by atoms with E-state index in [9.17, 15) is 9.59 Å². The molecule has 9 nitrogen and oxygen atoms in total. The van der Waals surface area contributed by atoms with E-state index in [4.69, 9.17) is 5.73 Å². The molecule has 1 aromatic carbocycles. The number of carbonyl (C=O) groups excluding carboxylic acids is 2. The molecular formula is C18H23N7O2. The van der Waals surface area contributed by atoms with Crippen molar-refractivity contribution in [2.45, 2.75) is 24.4 Å². The van der Waals surface area contributed by atoms with Gasteiger partial charge in [0.15, 0.2) is 5.69 Å². The van der Waals surface area contributed by atoms with Gasteiger partial charge >= 0.3 is 6.03 Å². The molecule has 6 N–H and O–H groups in total. The third kappa shape index (κ3) is 2.49. The molecule has 3 fully saturated rings. The Labute approximate surface area is 156 Å². The number of nitrogens with zero attached hydrogens (tertiary/aromatic N) is 2. The van der Waals surface area contributed by atoms with Crippen LogP contribution < -0.4 is 26.6 Å². The number of carbonyl (C=O) groups is 2. The van der Waals surface area contributed by atoms with E-state index in [2.05, 4.69) is 26.1 Å². The van der Waals surface area contributed by atoms with Gasteiger partial charge in [0.2, 0.25) is 0 Å². The molecule has 0 radical (unpaired) electrons. The lowest BCUT2D eigenvalue weighted by Crippen LogP contribution is -2.74. The van der Waals surface area contributed by atoms with Crippen molar-refractivity contribution < 1.29 is 9.59 Å². The molecule has 2 aromatic rings. The second kappa shape index (κ2) is 5.93. The van der Waals surface area contributed by atoms with Crippen LogP contribution in [0, 0.1) is 5.92 Å². The molecule has 1 saturated carbocycles. The van der Waals surface area contributed by atoms with Crippen molar-refractivity contribution in [3.05, 3.63) is 23.9 Å². The number of fused-ring (bicyclic) bond motifs is 2. The first-order valence-corrected chi connectivity index (χ1v) is 9.40. The van der Waals surface area contributed by atoms with Crippen molar-refractivity contribution in [3.8, 4) is 0 Å². The smallest absolute Gasteiger partial charge is 0.321 e. The molecule has 3 heterocycles. The second-order valence-electron chi connectivity index (χ2n) is 7.72. The molecule has 1 aliphatic carbocycles. The fourth-order valence-electron chi connectivity index (χ4n) is 4.50. The number of anilines is 1. The molecular weight excluding hydrogens is 346 g/mol. The fraction of sp³-hybridized carbons (Fsp3) is 0.500. The van der Waals surface area contributed by atoms with Crippen LogP contribution in [0.1, 0.15) is 23.3 Å². The van der Waals surface area contributed by atoms with Gasteiger partial charge < -0.3 is 21.7 Å². The predicted octanol–water partition coefficient (Wildman–Crippen LogP) is -0.0984. The van der Waals surface area contributed by atoms with Gasteiger partial charge in [-0.25, -0.2) is 4.79 Å². The highest BCUT2D eigenvalue weighted by molar-refractivity contribution is 6.06. The molecule has 1 unspecified atom stereocenters. The Morgan fingerprint density at radius 2 is 2.26 bits per heavy atom. The number of benzene rings is 1. The van der Waals surface area contributed by atoms with E-state index in [0.29, 0.717) is 36.6 Å². The maximum Gasteiger partial charge on any atom is 0.321 e. The van der Waals surface area contributed by atoms with E-state index in [1.54, 1.807) is 4.90 Å². The second-order valence-corrected chi connectivity index (χ2v) is 7.72. The zero-order valence-corrected chi connectivity index (χ0v) is 14.9. The Morgan fingerprint density at radius 3 is 3.00 bits per heavy atom. The van der Waals surface area contributed by atoms with Gasteiger partial charge in [-0.1, -0.05) is 0 Å². The molecule has 27 heavy (non-hydrogen) atoms. The fourth-order valence-corrected chi connectivity index (χ4v) is 4.50. The quantitative estimate of drug-likeness (QED) is 0.516. The maximum atomic E-state index is 12.9. The van der Waals surface area contributed by atoms with Crippen LogP contribution in [0.25, 0.3) is 10.9 Å². The molecule has 3 atom stereocenters. The minimum absolute atomic E-state index is 0.114. The molecule has 1 aromatic heterocycles. The highest BCUT2D eigenvalue weighted by Gasteiger charge is 2.51. The van der Waals surface area contributed by atoms with Crippen LogP contribution in [-0.2, 0) is 0 Å². The van der Waals surface area contributed by atoms with Gasteiger partial charge in [0.1, 0.15) is 0 Å². The van der Waals surface area contributed by atoms with Gasteiger partial charge in [0.05, 0.1) is 11.6 Å². The number of H-pyrrole nitrogens is 1. The van der Waals surface area contributed by atoms with Crippen LogP contribution in [0.5, 0.6) is 0 Å². The van der Waals surface area contributed by atoms with Gasteiger partial charge in [0, 0.05) is 36.2 Å². The molecule has 3 amide bonds. The predicted molar refractivity (Wildman–Crippen MR) is 101 cm³/mol. The van der Waals surface area contributed by atoms with Crippen molar-refractivity contribution in [1.29, 1.82) is 0 Å². The number of nitrogens with two attached hydrogens (primary N) is 1. The van der Waals surface area contributed by atoms with Crippen LogP contribution in [0.2, 0.25) is 0 Å². The van der Waals surface area contributed by atoms with Crippen LogP contribution in [-0.4, -0.2) is 59.9 Å². The molecule has 5 rings (SSSR count). The van der Waals surface area contributed by atoms with Crippen LogP contribution >= 0.6 is 0 Å². The number of rotatable bonds is 3. The average Bonchev–Trinajstić information content (AvgIpc) is 3.26. The number of urea groups is 1. The SMILES string of the molecule is N[C@]12CCC1CNC[C@H]2NC(=O)c1n[nH]c2ccc(N3CCNC3=O)cc12. The highest BCUT2D eigenvalue weighted by Crippen LogP contribution is 2.40.